The van der Waals surface area contributed by atoms with E-state index < -0.39 is 0 Å². The lowest BCUT2D eigenvalue weighted by Crippen LogP contribution is -1.97. The third-order valence-corrected chi connectivity index (χ3v) is 3.67. The van der Waals surface area contributed by atoms with Crippen LogP contribution in [0.5, 0.6) is 0 Å². The minimum atomic E-state index is 0.796. The van der Waals surface area contributed by atoms with Crippen molar-refractivity contribution in [3.63, 3.8) is 0 Å². The highest BCUT2D eigenvalue weighted by Gasteiger charge is 2.20. The van der Waals surface area contributed by atoms with Crippen molar-refractivity contribution in [2.75, 3.05) is 0 Å². The summed E-state index contributed by atoms with van der Waals surface area (Å²) in [5, 5.41) is 0. The number of nitrogens with zero attached hydrogens (tertiary/aromatic N) is 3. The molecule has 0 aromatic carbocycles. The van der Waals surface area contributed by atoms with Crippen molar-refractivity contribution in [1.82, 2.24) is 15.0 Å². The molecule has 4 rings (SSSR count). The van der Waals surface area contributed by atoms with Gasteiger partial charge in [-0.1, -0.05) is 0 Å². The topological polar surface area (TPSA) is 51.8 Å². The fraction of sp³-hybridized carbons (Fsp3) is 0.188. The lowest BCUT2D eigenvalue weighted by atomic mass is 10.1. The van der Waals surface area contributed by atoms with E-state index in [1.54, 1.807) is 24.9 Å². The van der Waals surface area contributed by atoms with Crippen molar-refractivity contribution in [1.29, 1.82) is 0 Å². The minimum Gasteiger partial charge on any atom is -0.463 e. The van der Waals surface area contributed by atoms with E-state index in [0.717, 1.165) is 35.7 Å². The molecule has 0 saturated carbocycles. The molecular weight excluding hydrogens is 250 g/mol. The Hall–Kier alpha value is -2.49. The predicted molar refractivity (Wildman–Crippen MR) is 75.0 cm³/mol. The molecule has 0 N–H and O–H groups in total. The Morgan fingerprint density at radius 3 is 2.90 bits per heavy atom. The van der Waals surface area contributed by atoms with Crippen molar-refractivity contribution >= 4 is 0 Å². The van der Waals surface area contributed by atoms with Crippen LogP contribution in [0.1, 0.15) is 17.5 Å². The summed E-state index contributed by atoms with van der Waals surface area (Å²) in [5.74, 6) is 0.796. The van der Waals surface area contributed by atoms with Crippen LogP contribution in [0.4, 0.5) is 0 Å². The maximum atomic E-state index is 5.47. The standard InChI is InChI=1S/C16H13N3O/c1-3-11-9-13(15-5-2-8-20-15)19-16(12(11)4-1)14-10-17-6-7-18-14/h2,5-10H,1,3-4H2. The van der Waals surface area contributed by atoms with Crippen LogP contribution in [0, 0.1) is 0 Å². The number of hydrogen-bond acceptors (Lipinski definition) is 4. The Bertz CT molecular complexity index is 736. The third kappa shape index (κ3) is 1.81. The Morgan fingerprint density at radius 2 is 2.10 bits per heavy atom. The normalized spacial score (nSPS) is 13.4. The van der Waals surface area contributed by atoms with Crippen LogP contribution < -0.4 is 0 Å². The van der Waals surface area contributed by atoms with Crippen molar-refractivity contribution in [2.24, 2.45) is 0 Å². The molecule has 0 fully saturated rings. The highest BCUT2D eigenvalue weighted by atomic mass is 16.3. The first-order valence-corrected chi connectivity index (χ1v) is 6.75. The molecule has 0 amide bonds. The first-order chi connectivity index (χ1) is 9.92. The maximum Gasteiger partial charge on any atom is 0.152 e. The highest BCUT2D eigenvalue weighted by molar-refractivity contribution is 5.67. The fourth-order valence-electron chi connectivity index (χ4n) is 2.77. The van der Waals surface area contributed by atoms with Gasteiger partial charge in [0.15, 0.2) is 5.76 Å². The van der Waals surface area contributed by atoms with Crippen molar-refractivity contribution < 1.29 is 4.42 Å². The monoisotopic (exact) mass is 263 g/mol. The Morgan fingerprint density at radius 1 is 1.10 bits per heavy atom. The molecule has 0 saturated heterocycles. The lowest BCUT2D eigenvalue weighted by Gasteiger charge is -2.09. The number of hydrogen-bond donors (Lipinski definition) is 0. The summed E-state index contributed by atoms with van der Waals surface area (Å²) in [6.07, 6.45) is 10.2. The van der Waals surface area contributed by atoms with E-state index in [4.69, 9.17) is 9.40 Å². The summed E-state index contributed by atoms with van der Waals surface area (Å²) < 4.78 is 5.47. The quantitative estimate of drug-likeness (QED) is 0.712. The molecule has 98 valence electrons. The fourth-order valence-corrected chi connectivity index (χ4v) is 2.77. The molecule has 3 aromatic heterocycles. The van der Waals surface area contributed by atoms with Crippen molar-refractivity contribution in [3.8, 4) is 22.8 Å². The third-order valence-electron chi connectivity index (χ3n) is 3.67. The van der Waals surface area contributed by atoms with E-state index in [-0.39, 0.29) is 0 Å². The summed E-state index contributed by atoms with van der Waals surface area (Å²) in [6, 6.07) is 5.96. The van der Waals surface area contributed by atoms with Crippen LogP contribution >= 0.6 is 0 Å². The van der Waals surface area contributed by atoms with Gasteiger partial charge >= 0.3 is 0 Å². The van der Waals surface area contributed by atoms with Gasteiger partial charge in [0.05, 0.1) is 18.2 Å². The maximum absolute atomic E-state index is 5.47. The van der Waals surface area contributed by atoms with Gasteiger partial charge in [-0.3, -0.25) is 9.97 Å². The first kappa shape index (κ1) is 11.3. The molecule has 0 spiro atoms. The van der Waals surface area contributed by atoms with E-state index in [2.05, 4.69) is 16.0 Å². The number of rotatable bonds is 2. The molecule has 3 heterocycles. The van der Waals surface area contributed by atoms with E-state index >= 15 is 0 Å². The van der Waals surface area contributed by atoms with Crippen LogP contribution in [0.2, 0.25) is 0 Å². The van der Waals surface area contributed by atoms with Gasteiger partial charge < -0.3 is 4.42 Å². The van der Waals surface area contributed by atoms with Gasteiger partial charge in [0.25, 0.3) is 0 Å². The van der Waals surface area contributed by atoms with Crippen LogP contribution in [-0.2, 0) is 12.8 Å². The second kappa shape index (κ2) is 4.56. The van der Waals surface area contributed by atoms with Gasteiger partial charge in [0.1, 0.15) is 11.4 Å². The minimum absolute atomic E-state index is 0.796. The molecule has 0 aliphatic heterocycles. The molecule has 0 bridgehead atoms. The Balaban J connectivity index is 1.94. The van der Waals surface area contributed by atoms with Gasteiger partial charge in [-0.2, -0.15) is 0 Å². The zero-order valence-corrected chi connectivity index (χ0v) is 10.9. The number of aryl methyl sites for hydroxylation is 1. The van der Waals surface area contributed by atoms with Gasteiger partial charge in [-0.15, -0.1) is 0 Å². The van der Waals surface area contributed by atoms with Crippen LogP contribution in [0.25, 0.3) is 22.8 Å². The molecule has 4 heteroatoms. The molecule has 0 atom stereocenters. The first-order valence-electron chi connectivity index (χ1n) is 6.75. The lowest BCUT2D eigenvalue weighted by molar-refractivity contribution is 0.580. The molecule has 20 heavy (non-hydrogen) atoms. The van der Waals surface area contributed by atoms with Gasteiger partial charge in [0, 0.05) is 12.4 Å². The van der Waals surface area contributed by atoms with E-state index in [9.17, 15) is 0 Å². The van der Waals surface area contributed by atoms with Crippen molar-refractivity contribution in [2.45, 2.75) is 19.3 Å². The van der Waals surface area contributed by atoms with Crippen LogP contribution in [-0.4, -0.2) is 15.0 Å². The number of fused-ring (bicyclic) bond motifs is 1. The Kier molecular flexibility index (Phi) is 2.59. The second-order valence-electron chi connectivity index (χ2n) is 4.92. The van der Waals surface area contributed by atoms with Crippen molar-refractivity contribution in [3.05, 3.63) is 54.2 Å². The van der Waals surface area contributed by atoms with Crippen LogP contribution in [0.15, 0.2) is 47.5 Å². The number of aromatic nitrogens is 3. The summed E-state index contributed by atoms with van der Waals surface area (Å²) in [4.78, 5) is 13.3. The average molecular weight is 263 g/mol. The highest BCUT2D eigenvalue weighted by Crippen LogP contribution is 2.33. The second-order valence-corrected chi connectivity index (χ2v) is 4.92. The molecule has 3 aromatic rings. The largest absolute Gasteiger partial charge is 0.463 e. The summed E-state index contributed by atoms with van der Waals surface area (Å²) in [6.45, 7) is 0. The number of pyridine rings is 1. The summed E-state index contributed by atoms with van der Waals surface area (Å²) in [7, 11) is 0. The molecule has 1 aliphatic rings. The SMILES string of the molecule is c1coc(-c2cc3c(c(-c4cnccn4)n2)CCC3)c1. The Labute approximate surface area is 116 Å². The number of furan rings is 1. The average Bonchev–Trinajstić information content (AvgIpc) is 3.18. The van der Waals surface area contributed by atoms with E-state index in [1.165, 1.54) is 17.5 Å². The van der Waals surface area contributed by atoms with Crippen LogP contribution in [0.3, 0.4) is 0 Å². The molecule has 4 nitrogen and oxygen atoms in total. The van der Waals surface area contributed by atoms with E-state index in [1.807, 2.05) is 12.1 Å². The smallest absolute Gasteiger partial charge is 0.152 e. The van der Waals surface area contributed by atoms with E-state index in [0.29, 0.717) is 0 Å². The molecule has 1 aliphatic carbocycles. The summed E-state index contributed by atoms with van der Waals surface area (Å²) in [5.41, 5.74) is 5.31. The van der Waals surface area contributed by atoms with Gasteiger partial charge in [0.2, 0.25) is 0 Å². The van der Waals surface area contributed by atoms with Gasteiger partial charge in [-0.25, -0.2) is 4.98 Å². The molecule has 0 radical (unpaired) electrons. The zero-order valence-electron chi connectivity index (χ0n) is 10.9. The zero-order chi connectivity index (χ0) is 13.4. The molecular formula is C16H13N3O. The predicted octanol–water partition coefficient (Wildman–Crippen LogP) is 3.29. The summed E-state index contributed by atoms with van der Waals surface area (Å²) >= 11 is 0. The molecule has 0 unspecified atom stereocenters. The van der Waals surface area contributed by atoms with Gasteiger partial charge in [-0.05, 0) is 48.6 Å².